The van der Waals surface area contributed by atoms with Gasteiger partial charge in [0.15, 0.2) is 0 Å². The molecule has 0 aliphatic carbocycles. The summed E-state index contributed by atoms with van der Waals surface area (Å²) in [5.74, 6) is -3.35. The van der Waals surface area contributed by atoms with Crippen LogP contribution in [-0.4, -0.2) is 49.9 Å². The minimum Gasteiger partial charge on any atom is -0.437 e. The standard InChI is InChI=1S/C21H16F3N3O5/c22-21(23,24)31-15-5-2-13(3-6-15)14-4-7-17-16(10-14)19(28)27(12-20(29,30)32-17)11-18-25-8-1-9-26-18/h1-10,29-30H,11-12H2. The minimum absolute atomic E-state index is 0.0408. The number of hydrogen-bond donors (Lipinski definition) is 2. The Hall–Kier alpha value is -3.70. The Morgan fingerprint density at radius 3 is 2.38 bits per heavy atom. The number of nitrogens with zero attached hydrogens (tertiary/aromatic N) is 3. The lowest BCUT2D eigenvalue weighted by Gasteiger charge is -2.25. The van der Waals surface area contributed by atoms with E-state index in [4.69, 9.17) is 4.74 Å². The Labute approximate surface area is 179 Å². The molecule has 1 aromatic heterocycles. The number of β-amino-alcohol motifs (C(OH)–C–C–N with tert-alkyl or cyclic N) is 2. The first kappa shape index (κ1) is 21.5. The van der Waals surface area contributed by atoms with Crippen molar-refractivity contribution in [1.29, 1.82) is 0 Å². The molecule has 4 rings (SSSR count). The average molecular weight is 447 g/mol. The van der Waals surface area contributed by atoms with Crippen LogP contribution in [-0.2, 0) is 6.54 Å². The summed E-state index contributed by atoms with van der Waals surface area (Å²) in [6.07, 6.45) is -1.82. The van der Waals surface area contributed by atoms with Crippen LogP contribution in [0.5, 0.6) is 11.5 Å². The molecule has 0 unspecified atom stereocenters. The zero-order chi connectivity index (χ0) is 22.9. The molecule has 2 heterocycles. The van der Waals surface area contributed by atoms with Crippen molar-refractivity contribution < 1.29 is 37.7 Å². The predicted octanol–water partition coefficient (Wildman–Crippen LogP) is 2.72. The lowest BCUT2D eigenvalue weighted by molar-refractivity contribution is -0.294. The number of alkyl halides is 3. The van der Waals surface area contributed by atoms with E-state index in [1.54, 1.807) is 6.07 Å². The van der Waals surface area contributed by atoms with Crippen molar-refractivity contribution in [3.8, 4) is 22.6 Å². The molecule has 0 fully saturated rings. The van der Waals surface area contributed by atoms with Crippen LogP contribution in [0.1, 0.15) is 16.2 Å². The van der Waals surface area contributed by atoms with E-state index in [0.717, 1.165) is 17.0 Å². The number of aromatic nitrogens is 2. The van der Waals surface area contributed by atoms with Crippen LogP contribution >= 0.6 is 0 Å². The number of halogens is 3. The molecule has 0 spiro atoms. The number of amides is 1. The van der Waals surface area contributed by atoms with Crippen LogP contribution in [0.15, 0.2) is 60.9 Å². The van der Waals surface area contributed by atoms with Crippen molar-refractivity contribution in [2.75, 3.05) is 6.54 Å². The summed E-state index contributed by atoms with van der Waals surface area (Å²) in [5, 5.41) is 20.3. The molecule has 32 heavy (non-hydrogen) atoms. The number of fused-ring (bicyclic) bond motifs is 1. The Morgan fingerprint density at radius 2 is 1.72 bits per heavy atom. The second-order valence-corrected chi connectivity index (χ2v) is 6.95. The molecule has 2 aromatic carbocycles. The monoisotopic (exact) mass is 447 g/mol. The van der Waals surface area contributed by atoms with Crippen molar-refractivity contribution >= 4 is 5.91 Å². The summed E-state index contributed by atoms with van der Waals surface area (Å²) >= 11 is 0. The smallest absolute Gasteiger partial charge is 0.437 e. The first-order valence-corrected chi connectivity index (χ1v) is 9.29. The lowest BCUT2D eigenvalue weighted by Crippen LogP contribution is -2.47. The predicted molar refractivity (Wildman–Crippen MR) is 103 cm³/mol. The zero-order valence-corrected chi connectivity index (χ0v) is 16.3. The number of aliphatic hydroxyl groups is 2. The van der Waals surface area contributed by atoms with Crippen LogP contribution < -0.4 is 9.47 Å². The highest BCUT2D eigenvalue weighted by molar-refractivity contribution is 5.98. The number of benzene rings is 2. The van der Waals surface area contributed by atoms with Gasteiger partial charge in [0.1, 0.15) is 23.9 Å². The Morgan fingerprint density at radius 1 is 1.06 bits per heavy atom. The molecule has 1 amide bonds. The van der Waals surface area contributed by atoms with E-state index in [9.17, 15) is 28.2 Å². The van der Waals surface area contributed by atoms with Crippen LogP contribution in [0, 0.1) is 0 Å². The molecule has 0 bridgehead atoms. The summed E-state index contributed by atoms with van der Waals surface area (Å²) < 4.78 is 46.2. The summed E-state index contributed by atoms with van der Waals surface area (Å²) in [7, 11) is 0. The fourth-order valence-electron chi connectivity index (χ4n) is 3.22. The molecule has 1 aliphatic heterocycles. The van der Waals surface area contributed by atoms with Gasteiger partial charge in [-0.05, 0) is 41.5 Å². The fraction of sp³-hybridized carbons (Fsp3) is 0.190. The van der Waals surface area contributed by atoms with Crippen molar-refractivity contribution in [1.82, 2.24) is 14.9 Å². The van der Waals surface area contributed by atoms with Crippen LogP contribution in [0.3, 0.4) is 0 Å². The second kappa shape index (κ2) is 8.09. The van der Waals surface area contributed by atoms with Gasteiger partial charge < -0.3 is 24.6 Å². The zero-order valence-electron chi connectivity index (χ0n) is 16.3. The van der Waals surface area contributed by atoms with Gasteiger partial charge in [-0.3, -0.25) is 4.79 Å². The van der Waals surface area contributed by atoms with Gasteiger partial charge in [0.05, 0.1) is 12.1 Å². The third kappa shape index (κ3) is 4.95. The molecule has 0 atom stereocenters. The molecule has 2 N–H and O–H groups in total. The highest BCUT2D eigenvalue weighted by atomic mass is 19.4. The molecule has 166 valence electrons. The molecule has 0 saturated heterocycles. The van der Waals surface area contributed by atoms with E-state index in [0.29, 0.717) is 11.1 Å². The molecular formula is C21H16F3N3O5. The maximum atomic E-state index is 13.1. The highest BCUT2D eigenvalue weighted by Crippen LogP contribution is 2.33. The van der Waals surface area contributed by atoms with Gasteiger partial charge in [-0.2, -0.15) is 0 Å². The molecule has 0 radical (unpaired) electrons. The van der Waals surface area contributed by atoms with Crippen LogP contribution in [0.25, 0.3) is 11.1 Å². The molecule has 1 aliphatic rings. The summed E-state index contributed by atoms with van der Waals surface area (Å²) in [5.41, 5.74) is 1.05. The molecule has 3 aromatic rings. The molecule has 11 heteroatoms. The van der Waals surface area contributed by atoms with Crippen molar-refractivity contribution in [3.05, 3.63) is 72.3 Å². The number of hydrogen-bond acceptors (Lipinski definition) is 7. The van der Waals surface area contributed by atoms with E-state index in [2.05, 4.69) is 14.7 Å². The van der Waals surface area contributed by atoms with Crippen LogP contribution in [0.2, 0.25) is 0 Å². The average Bonchev–Trinajstić information content (AvgIpc) is 2.81. The highest BCUT2D eigenvalue weighted by Gasteiger charge is 2.38. The van der Waals surface area contributed by atoms with Gasteiger partial charge in [0.25, 0.3) is 5.91 Å². The van der Waals surface area contributed by atoms with Crippen molar-refractivity contribution in [2.45, 2.75) is 18.9 Å². The van der Waals surface area contributed by atoms with Crippen LogP contribution in [0.4, 0.5) is 13.2 Å². The Balaban J connectivity index is 1.65. The van der Waals surface area contributed by atoms with E-state index < -0.39 is 24.8 Å². The first-order chi connectivity index (χ1) is 15.1. The maximum Gasteiger partial charge on any atom is 0.573 e. The number of carbonyl (C=O) groups is 1. The molecular weight excluding hydrogens is 431 g/mol. The Bertz CT molecular complexity index is 1120. The third-order valence-corrected chi connectivity index (χ3v) is 4.54. The van der Waals surface area contributed by atoms with Gasteiger partial charge in [-0.1, -0.05) is 18.2 Å². The van der Waals surface area contributed by atoms with Gasteiger partial charge in [0, 0.05) is 12.4 Å². The first-order valence-electron chi connectivity index (χ1n) is 9.29. The summed E-state index contributed by atoms with van der Waals surface area (Å²) in [4.78, 5) is 22.4. The second-order valence-electron chi connectivity index (χ2n) is 6.95. The van der Waals surface area contributed by atoms with E-state index >= 15 is 0 Å². The fourth-order valence-corrected chi connectivity index (χ4v) is 3.22. The Kier molecular flexibility index (Phi) is 5.45. The van der Waals surface area contributed by atoms with E-state index in [1.807, 2.05) is 0 Å². The van der Waals surface area contributed by atoms with Gasteiger partial charge >= 0.3 is 12.3 Å². The molecule has 8 nitrogen and oxygen atoms in total. The van der Waals surface area contributed by atoms with Gasteiger partial charge in [-0.25, -0.2) is 9.97 Å². The number of ether oxygens (including phenoxy) is 2. The lowest BCUT2D eigenvalue weighted by atomic mass is 10.0. The maximum absolute atomic E-state index is 13.1. The summed E-state index contributed by atoms with van der Waals surface area (Å²) in [6, 6.07) is 11.1. The summed E-state index contributed by atoms with van der Waals surface area (Å²) in [6.45, 7) is -0.656. The quantitative estimate of drug-likeness (QED) is 0.593. The molecule has 0 saturated carbocycles. The normalized spacial score (nSPS) is 15.5. The van der Waals surface area contributed by atoms with Crippen molar-refractivity contribution in [3.63, 3.8) is 0 Å². The van der Waals surface area contributed by atoms with Gasteiger partial charge in [-0.15, -0.1) is 13.2 Å². The van der Waals surface area contributed by atoms with E-state index in [1.165, 1.54) is 42.7 Å². The SMILES string of the molecule is O=C1c2cc(-c3ccc(OC(F)(F)F)cc3)ccc2OC(O)(O)CN1Cc1ncccn1. The largest absolute Gasteiger partial charge is 0.573 e. The van der Waals surface area contributed by atoms with Crippen molar-refractivity contribution in [2.24, 2.45) is 0 Å². The number of carbonyl (C=O) groups excluding carboxylic acids is 1. The minimum atomic E-state index is -4.80. The third-order valence-electron chi connectivity index (χ3n) is 4.54. The number of rotatable bonds is 4. The van der Waals surface area contributed by atoms with E-state index in [-0.39, 0.29) is 29.4 Å². The van der Waals surface area contributed by atoms with Gasteiger partial charge in [0.2, 0.25) is 0 Å². The topological polar surface area (TPSA) is 105 Å².